The monoisotopic (exact) mass is 402 g/mol. The molecule has 2 aromatic heterocycles. The standard InChI is InChI=1S/C21H24F2N4O2/c1-12-17(13-6-9-27(10-7-13)16(28)11-21(2,22)23)15-5-8-24-19(15)25-18(12)26-20(29)14-3-4-14/h5-6,8,14H,3-4,7,9-11H2,1-2H3,(H2,24,25,26,29). The van der Waals surface area contributed by atoms with E-state index in [0.29, 0.717) is 31.0 Å². The molecule has 1 saturated carbocycles. The molecule has 3 heterocycles. The van der Waals surface area contributed by atoms with E-state index >= 15 is 0 Å². The number of amides is 2. The number of carbonyl (C=O) groups is 2. The van der Waals surface area contributed by atoms with Gasteiger partial charge in [0.2, 0.25) is 11.8 Å². The summed E-state index contributed by atoms with van der Waals surface area (Å²) in [4.78, 5) is 33.5. The Morgan fingerprint density at radius 2 is 2.14 bits per heavy atom. The molecule has 0 radical (unpaired) electrons. The number of aromatic nitrogens is 2. The summed E-state index contributed by atoms with van der Waals surface area (Å²) in [5.74, 6) is -2.94. The van der Waals surface area contributed by atoms with Crippen LogP contribution in [0.1, 0.15) is 43.7 Å². The fourth-order valence-corrected chi connectivity index (χ4v) is 3.77. The average molecular weight is 402 g/mol. The lowest BCUT2D eigenvalue weighted by Gasteiger charge is -2.28. The van der Waals surface area contributed by atoms with Crippen LogP contribution in [-0.2, 0) is 9.59 Å². The molecule has 1 aliphatic heterocycles. The molecule has 2 aromatic rings. The molecule has 4 rings (SSSR count). The van der Waals surface area contributed by atoms with Gasteiger partial charge in [0.05, 0.1) is 6.42 Å². The lowest BCUT2D eigenvalue weighted by Crippen LogP contribution is -2.37. The number of carbonyl (C=O) groups excluding carboxylic acids is 2. The fraction of sp³-hybridized carbons (Fsp3) is 0.476. The highest BCUT2D eigenvalue weighted by molar-refractivity contribution is 5.99. The van der Waals surface area contributed by atoms with Crippen LogP contribution in [-0.4, -0.2) is 45.7 Å². The Labute approximate surface area is 167 Å². The number of hydrogen-bond acceptors (Lipinski definition) is 3. The smallest absolute Gasteiger partial charge is 0.254 e. The first kappa shape index (κ1) is 19.5. The Morgan fingerprint density at radius 1 is 1.38 bits per heavy atom. The summed E-state index contributed by atoms with van der Waals surface area (Å²) in [6, 6.07) is 1.94. The van der Waals surface area contributed by atoms with Crippen molar-refractivity contribution in [3.8, 4) is 0 Å². The molecule has 0 bridgehead atoms. The molecule has 1 aliphatic carbocycles. The highest BCUT2D eigenvalue weighted by Crippen LogP contribution is 2.36. The summed E-state index contributed by atoms with van der Waals surface area (Å²) in [5, 5.41) is 3.88. The molecular formula is C21H24F2N4O2. The summed E-state index contributed by atoms with van der Waals surface area (Å²) < 4.78 is 26.3. The van der Waals surface area contributed by atoms with Crippen LogP contribution in [0.15, 0.2) is 18.3 Å². The number of aromatic amines is 1. The largest absolute Gasteiger partial charge is 0.346 e. The van der Waals surface area contributed by atoms with Crippen molar-refractivity contribution in [2.75, 3.05) is 18.4 Å². The van der Waals surface area contributed by atoms with E-state index < -0.39 is 18.3 Å². The molecule has 2 aliphatic rings. The zero-order chi connectivity index (χ0) is 20.8. The van der Waals surface area contributed by atoms with Gasteiger partial charge in [-0.15, -0.1) is 0 Å². The molecule has 2 N–H and O–H groups in total. The number of nitrogens with zero attached hydrogens (tertiary/aromatic N) is 2. The Balaban J connectivity index is 1.61. The number of rotatable bonds is 5. The second-order valence-electron chi connectivity index (χ2n) is 8.03. The lowest BCUT2D eigenvalue weighted by atomic mass is 9.93. The highest BCUT2D eigenvalue weighted by Gasteiger charge is 2.32. The molecule has 0 spiro atoms. The number of anilines is 1. The first-order valence-corrected chi connectivity index (χ1v) is 9.86. The van der Waals surface area contributed by atoms with E-state index in [-0.39, 0.29) is 11.8 Å². The van der Waals surface area contributed by atoms with Gasteiger partial charge in [-0.3, -0.25) is 9.59 Å². The zero-order valence-corrected chi connectivity index (χ0v) is 16.5. The number of H-pyrrole nitrogens is 1. The van der Waals surface area contributed by atoms with Gasteiger partial charge in [0.25, 0.3) is 5.92 Å². The maximum absolute atomic E-state index is 13.2. The number of hydrogen-bond donors (Lipinski definition) is 2. The first-order chi connectivity index (χ1) is 13.7. The summed E-state index contributed by atoms with van der Waals surface area (Å²) in [6.45, 7) is 3.36. The predicted octanol–water partition coefficient (Wildman–Crippen LogP) is 3.88. The maximum Gasteiger partial charge on any atom is 0.254 e. The fourth-order valence-electron chi connectivity index (χ4n) is 3.77. The molecule has 2 amide bonds. The van der Waals surface area contributed by atoms with Crippen LogP contribution < -0.4 is 5.32 Å². The van der Waals surface area contributed by atoms with Gasteiger partial charge < -0.3 is 15.2 Å². The molecule has 0 aromatic carbocycles. The Morgan fingerprint density at radius 3 is 2.76 bits per heavy atom. The van der Waals surface area contributed by atoms with Gasteiger partial charge in [-0.25, -0.2) is 13.8 Å². The normalized spacial score (nSPS) is 17.4. The van der Waals surface area contributed by atoms with E-state index in [1.807, 2.05) is 19.1 Å². The molecule has 0 saturated heterocycles. The Bertz CT molecular complexity index is 1000. The summed E-state index contributed by atoms with van der Waals surface area (Å²) in [5.41, 5.74) is 3.57. The maximum atomic E-state index is 13.2. The van der Waals surface area contributed by atoms with Gasteiger partial charge >= 0.3 is 0 Å². The van der Waals surface area contributed by atoms with Gasteiger partial charge in [0.1, 0.15) is 11.5 Å². The Kier molecular flexibility index (Phi) is 4.88. The van der Waals surface area contributed by atoms with Gasteiger partial charge in [0.15, 0.2) is 0 Å². The quantitative estimate of drug-likeness (QED) is 0.797. The average Bonchev–Trinajstić information content (AvgIpc) is 3.41. The van der Waals surface area contributed by atoms with E-state index in [1.54, 1.807) is 6.20 Å². The van der Waals surface area contributed by atoms with Crippen molar-refractivity contribution in [2.24, 2.45) is 5.92 Å². The zero-order valence-electron chi connectivity index (χ0n) is 16.5. The number of alkyl halides is 2. The molecule has 0 unspecified atom stereocenters. The third-order valence-corrected chi connectivity index (χ3v) is 5.48. The molecule has 8 heteroatoms. The van der Waals surface area contributed by atoms with Crippen LogP contribution in [0.5, 0.6) is 0 Å². The minimum absolute atomic E-state index is 0.00709. The van der Waals surface area contributed by atoms with Crippen molar-refractivity contribution in [1.82, 2.24) is 14.9 Å². The second-order valence-corrected chi connectivity index (χ2v) is 8.03. The van der Waals surface area contributed by atoms with Crippen molar-refractivity contribution in [3.63, 3.8) is 0 Å². The topological polar surface area (TPSA) is 78.1 Å². The van der Waals surface area contributed by atoms with Gasteiger partial charge in [-0.05, 0) is 50.3 Å². The molecular weight excluding hydrogens is 378 g/mol. The minimum atomic E-state index is -3.01. The van der Waals surface area contributed by atoms with Crippen LogP contribution in [0.2, 0.25) is 0 Å². The molecule has 1 fully saturated rings. The van der Waals surface area contributed by atoms with Gasteiger partial charge in [-0.2, -0.15) is 0 Å². The number of halogens is 2. The van der Waals surface area contributed by atoms with Crippen LogP contribution in [0.3, 0.4) is 0 Å². The van der Waals surface area contributed by atoms with Gasteiger partial charge in [0, 0.05) is 36.2 Å². The Hall–Kier alpha value is -2.77. The summed E-state index contributed by atoms with van der Waals surface area (Å²) >= 11 is 0. The number of pyridine rings is 1. The molecule has 29 heavy (non-hydrogen) atoms. The van der Waals surface area contributed by atoms with E-state index in [2.05, 4.69) is 15.3 Å². The molecule has 0 atom stereocenters. The number of nitrogens with one attached hydrogen (secondary N) is 2. The molecule has 6 nitrogen and oxygen atoms in total. The van der Waals surface area contributed by atoms with Crippen molar-refractivity contribution in [3.05, 3.63) is 29.5 Å². The van der Waals surface area contributed by atoms with Crippen molar-refractivity contribution >= 4 is 34.2 Å². The first-order valence-electron chi connectivity index (χ1n) is 9.86. The minimum Gasteiger partial charge on any atom is -0.346 e. The van der Waals surface area contributed by atoms with E-state index in [0.717, 1.165) is 41.9 Å². The third-order valence-electron chi connectivity index (χ3n) is 5.48. The second kappa shape index (κ2) is 7.24. The lowest BCUT2D eigenvalue weighted by molar-refractivity contribution is -0.137. The van der Waals surface area contributed by atoms with E-state index in [1.165, 1.54) is 4.90 Å². The van der Waals surface area contributed by atoms with E-state index in [9.17, 15) is 18.4 Å². The van der Waals surface area contributed by atoms with Crippen molar-refractivity contribution in [1.29, 1.82) is 0 Å². The third kappa shape index (κ3) is 4.16. The van der Waals surface area contributed by atoms with Crippen molar-refractivity contribution < 1.29 is 18.4 Å². The summed E-state index contributed by atoms with van der Waals surface area (Å²) in [6.07, 6.45) is 5.32. The van der Waals surface area contributed by atoms with Crippen LogP contribution in [0.25, 0.3) is 16.6 Å². The van der Waals surface area contributed by atoms with Crippen LogP contribution in [0, 0.1) is 12.8 Å². The van der Waals surface area contributed by atoms with E-state index in [4.69, 9.17) is 0 Å². The highest BCUT2D eigenvalue weighted by atomic mass is 19.3. The van der Waals surface area contributed by atoms with Crippen LogP contribution >= 0.6 is 0 Å². The van der Waals surface area contributed by atoms with Crippen LogP contribution in [0.4, 0.5) is 14.6 Å². The SMILES string of the molecule is Cc1c(NC(=O)C2CC2)nc2[nH]ccc2c1C1=CCN(C(=O)CC(C)(F)F)CC1. The predicted molar refractivity (Wildman–Crippen MR) is 107 cm³/mol. The number of fused-ring (bicyclic) bond motifs is 1. The van der Waals surface area contributed by atoms with Gasteiger partial charge in [-0.1, -0.05) is 6.08 Å². The van der Waals surface area contributed by atoms with Crippen molar-refractivity contribution in [2.45, 2.75) is 45.5 Å². The summed E-state index contributed by atoms with van der Waals surface area (Å²) in [7, 11) is 0. The molecule has 154 valence electrons.